The van der Waals surface area contributed by atoms with E-state index in [2.05, 4.69) is 0 Å². The maximum absolute atomic E-state index is 8.58. The molecule has 0 unspecified atom stereocenters. The van der Waals surface area contributed by atoms with Crippen molar-refractivity contribution in [1.29, 1.82) is 0 Å². The summed E-state index contributed by atoms with van der Waals surface area (Å²) < 4.78 is 17.2. The first kappa shape index (κ1) is 29.5. The fourth-order valence-electron chi connectivity index (χ4n) is 0. The van der Waals surface area contributed by atoms with E-state index in [9.17, 15) is 0 Å². The second kappa shape index (κ2) is 29.2. The summed E-state index contributed by atoms with van der Waals surface area (Å²) in [4.78, 5) is 0. The van der Waals surface area contributed by atoms with Gasteiger partial charge in [-0.2, -0.15) is 0 Å². The third-order valence-corrected chi connectivity index (χ3v) is 0. The van der Waals surface area contributed by atoms with Crippen LogP contribution < -0.4 is 0 Å². The molecular formula is H4N2O8Pu2U-2. The van der Waals surface area contributed by atoms with Gasteiger partial charge in [0.1, 0.15) is 0 Å². The van der Waals surface area contributed by atoms with E-state index >= 15 is 0 Å². The Morgan fingerprint density at radius 2 is 0.846 bits per heavy atom. The van der Waals surface area contributed by atoms with Crippen molar-refractivity contribution in [3.8, 4) is 0 Å². The summed E-state index contributed by atoms with van der Waals surface area (Å²) in [5.74, 6) is 0. The minimum absolute atomic E-state index is 0. The van der Waals surface area contributed by atoms with Crippen LogP contribution in [0.2, 0.25) is 0 Å². The number of nitrogens with zero attached hydrogens (tertiary/aromatic N) is 2. The van der Waals surface area contributed by atoms with Crippen LogP contribution in [0.25, 0.3) is 0 Å². The Morgan fingerprint density at radius 3 is 0.846 bits per heavy atom. The van der Waals surface area contributed by atoms with Gasteiger partial charge in [0.15, 0.2) is 0 Å². The van der Waals surface area contributed by atoms with Gasteiger partial charge in [-0.15, -0.1) is 10.8 Å². The molecule has 13 heteroatoms. The summed E-state index contributed by atoms with van der Waals surface area (Å²) in [5, 5.41) is 42.0. The monoisotopic (exact) mass is 874 g/mol. The molecule has 0 amide bonds. The molecule has 80 valence electrons. The zero-order valence-electron chi connectivity index (χ0n) is 5.63. The minimum Gasteiger partial charge on any atom is 0 e. The molecule has 0 radical (unpaired) electrons. The van der Waals surface area contributed by atoms with Gasteiger partial charge in [0.25, 0.3) is 0 Å². The Bertz CT molecular complexity index is 80.6. The molecule has 0 spiro atoms. The van der Waals surface area contributed by atoms with Crippen molar-refractivity contribution in [2.24, 2.45) is 0 Å². The van der Waals surface area contributed by atoms with Gasteiger partial charge in [-0.3, -0.25) is 0 Å². The van der Waals surface area contributed by atoms with Crippen molar-refractivity contribution < 1.29 is 111 Å². The number of hydrogen-bond acceptors (Lipinski definition) is 10. The summed E-state index contributed by atoms with van der Waals surface area (Å²) in [6.07, 6.45) is 0. The molecule has 0 fully saturated rings. The first-order chi connectivity index (χ1) is 4.88. The van der Waals surface area contributed by atoms with Crippen molar-refractivity contribution in [2.45, 2.75) is 0 Å². The van der Waals surface area contributed by atoms with Crippen LogP contribution in [0, 0.1) is 96.6 Å². The van der Waals surface area contributed by atoms with E-state index in [0.29, 0.717) is 0 Å². The molecule has 0 aliphatic heterocycles. The first-order valence-corrected chi connectivity index (χ1v) is 4.97. The Balaban J connectivity index is -0.0000000231. The second-order valence-electron chi connectivity index (χ2n) is 0.589. The molecule has 4 N–H and O–H groups in total. The van der Waals surface area contributed by atoms with Gasteiger partial charge in [-0.05, 0) is 0 Å². The van der Waals surface area contributed by atoms with Crippen molar-refractivity contribution in [3.05, 3.63) is 10.4 Å². The van der Waals surface area contributed by atoms with E-state index in [4.69, 9.17) is 35.7 Å². The minimum atomic E-state index is -2.51. The van der Waals surface area contributed by atoms with E-state index in [0.717, 1.165) is 0 Å². The third kappa shape index (κ3) is 407. The van der Waals surface area contributed by atoms with Crippen molar-refractivity contribution >= 4 is 0 Å². The van der Waals surface area contributed by atoms with Crippen molar-refractivity contribution in [3.63, 3.8) is 0 Å². The molecule has 0 atom stereocenters. The predicted molar refractivity (Wildman–Crippen MR) is 18.9 cm³/mol. The van der Waals surface area contributed by atoms with Crippen LogP contribution in [-0.2, 0) is 4.47 Å². The van der Waals surface area contributed by atoms with Crippen molar-refractivity contribution in [2.75, 3.05) is 0 Å². The molecule has 0 aromatic rings. The first-order valence-electron chi connectivity index (χ1n) is 1.57. The molecule has 0 heterocycles. The van der Waals surface area contributed by atoms with Crippen molar-refractivity contribution in [1.82, 2.24) is 10.8 Å². The van der Waals surface area contributed by atoms with Crippen LogP contribution in [0.5, 0.6) is 0 Å². The van der Waals surface area contributed by atoms with E-state index in [-0.39, 0.29) is 58.3 Å². The summed E-state index contributed by atoms with van der Waals surface area (Å²) in [7, 11) is 0. The Labute approximate surface area is 131 Å². The Hall–Kier alpha value is 2.31. The van der Waals surface area contributed by atoms with Gasteiger partial charge in [0, 0.05) is 58.3 Å². The standard InChI is InChI=1S/2H2NO3.2O.2Pu.U/c2*2-1(3)4;;;;;/h2*2-3H;;;;;/q2*-1;;;;;. The van der Waals surface area contributed by atoms with Crippen LogP contribution in [-0.4, -0.2) is 31.6 Å². The third-order valence-electron chi connectivity index (χ3n) is 0. The molecule has 0 saturated heterocycles. The molecule has 0 aliphatic carbocycles. The number of rotatable bonds is 0. The van der Waals surface area contributed by atoms with Gasteiger partial charge in [0.2, 0.25) is 0 Å². The summed E-state index contributed by atoms with van der Waals surface area (Å²) in [6.45, 7) is 0. The van der Waals surface area contributed by atoms with Crippen LogP contribution >= 0.6 is 0 Å². The van der Waals surface area contributed by atoms with Gasteiger partial charge in [-0.25, -0.2) is 0 Å². The Kier molecular flexibility index (Phi) is 66.4. The predicted octanol–water partition coefficient (Wildman–Crippen LogP) is -1.11. The van der Waals surface area contributed by atoms with E-state index in [1.54, 1.807) is 0 Å². The zero-order chi connectivity index (χ0) is 9.86. The Morgan fingerprint density at radius 1 is 0.846 bits per heavy atom. The number of hydrogen-bond donors (Lipinski definition) is 4. The van der Waals surface area contributed by atoms with Gasteiger partial charge in [-0.1, -0.05) is 0 Å². The molecule has 0 bridgehead atoms. The van der Waals surface area contributed by atoms with Gasteiger partial charge in [0.05, 0.1) is 0 Å². The largest absolute Gasteiger partial charge is 0 e. The fraction of sp³-hybridized carbons (Fsp3) is 0. The van der Waals surface area contributed by atoms with Crippen LogP contribution in [0.4, 0.5) is 0 Å². The average molecular weight is 886 g/mol. The SMILES string of the molecule is [O-]N(O)O.[O-]N(O)O.[O]=[U]=[O].[Pu].[Pu]. The van der Waals surface area contributed by atoms with Crippen LogP contribution in [0.3, 0.4) is 0 Å². The topological polar surface area (TPSA) is 168 Å². The summed E-state index contributed by atoms with van der Waals surface area (Å²) >= 11 is -2.51. The zero-order valence-corrected chi connectivity index (χ0v) is 16.6. The quantitative estimate of drug-likeness (QED) is 0.219. The van der Waals surface area contributed by atoms with Crippen LogP contribution in [0.1, 0.15) is 0 Å². The van der Waals surface area contributed by atoms with Crippen LogP contribution in [0.15, 0.2) is 0 Å². The normalized spacial score (nSPS) is 6.15. The summed E-state index contributed by atoms with van der Waals surface area (Å²) in [5.41, 5.74) is 0. The molecule has 13 heavy (non-hydrogen) atoms. The molecule has 0 saturated carbocycles. The molecule has 0 aromatic carbocycles. The average Bonchev–Trinajstić information content (AvgIpc) is 1.60. The van der Waals surface area contributed by atoms with E-state index < -0.39 is 38.6 Å². The van der Waals surface area contributed by atoms with E-state index in [1.165, 1.54) is 0 Å². The van der Waals surface area contributed by atoms with E-state index in [1.807, 2.05) is 0 Å². The molecule has 0 aliphatic rings. The van der Waals surface area contributed by atoms with Gasteiger partial charge < -0.3 is 31.2 Å². The molecule has 0 rings (SSSR count). The van der Waals surface area contributed by atoms with Gasteiger partial charge >= 0.3 is 32.3 Å². The second-order valence-corrected chi connectivity index (χ2v) is 1.28. The molecule has 10 nitrogen and oxygen atoms in total. The fourth-order valence-corrected chi connectivity index (χ4v) is 0. The smallest absolute Gasteiger partial charge is 0 e. The summed E-state index contributed by atoms with van der Waals surface area (Å²) in [6, 6.07) is 0. The molecular weight excluding hydrogens is 882 g/mol. The maximum Gasteiger partial charge on any atom is 0 e. The molecule has 0 aromatic heterocycles. The maximum atomic E-state index is 8.58.